The van der Waals surface area contributed by atoms with Gasteiger partial charge in [0.25, 0.3) is 0 Å². The molecule has 0 heterocycles. The number of ketones is 1. The molecule has 0 spiro atoms. The average molecular weight is 268 g/mol. The van der Waals surface area contributed by atoms with Crippen molar-refractivity contribution in [2.24, 2.45) is 16.7 Å². The molecule has 2 aliphatic rings. The quantitative estimate of drug-likeness (QED) is 0.734. The van der Waals surface area contributed by atoms with Crippen molar-refractivity contribution in [3.05, 3.63) is 47.5 Å². The number of hydrogen-bond donors (Lipinski definition) is 0. The van der Waals surface area contributed by atoms with Crippen molar-refractivity contribution in [3.63, 3.8) is 0 Å². The van der Waals surface area contributed by atoms with Crippen LogP contribution in [0, 0.1) is 16.7 Å². The van der Waals surface area contributed by atoms with Gasteiger partial charge in [0.15, 0.2) is 5.78 Å². The van der Waals surface area contributed by atoms with Gasteiger partial charge in [-0.2, -0.15) is 0 Å². The van der Waals surface area contributed by atoms with Crippen molar-refractivity contribution < 1.29 is 4.79 Å². The molecule has 1 nitrogen and oxygen atoms in total. The molecule has 2 atom stereocenters. The maximum absolute atomic E-state index is 12.7. The van der Waals surface area contributed by atoms with Crippen LogP contribution in [-0.2, 0) is 11.2 Å². The van der Waals surface area contributed by atoms with Crippen LogP contribution >= 0.6 is 0 Å². The maximum atomic E-state index is 12.7. The molecule has 2 saturated carbocycles. The molecule has 0 saturated heterocycles. The molecule has 0 N–H and O–H groups in total. The van der Waals surface area contributed by atoms with Gasteiger partial charge in [0.2, 0.25) is 0 Å². The topological polar surface area (TPSA) is 17.1 Å². The molecule has 2 fully saturated rings. The first-order valence-electron chi connectivity index (χ1n) is 7.75. The Morgan fingerprint density at radius 3 is 2.50 bits per heavy atom. The van der Waals surface area contributed by atoms with Crippen LogP contribution in [-0.4, -0.2) is 5.78 Å². The lowest BCUT2D eigenvalue weighted by Crippen LogP contribution is -2.32. The minimum absolute atomic E-state index is 0.115. The van der Waals surface area contributed by atoms with E-state index in [9.17, 15) is 4.79 Å². The lowest BCUT2D eigenvalue weighted by Gasteiger charge is -2.31. The standard InChI is InChI=1S/C19H24O/c1-18(2)16-12-13-19(18,3)17(20)15(16)11-7-10-14-8-5-4-6-9-14/h4-6,8-9,11,16H,7,10,12-13H2,1-3H3/t16-,19+/m0/s1. The second-order valence-electron chi connectivity index (χ2n) is 7.16. The molecule has 1 heteroatoms. The fraction of sp³-hybridized carbons (Fsp3) is 0.526. The number of fused-ring (bicyclic) bond motifs is 2. The number of hydrogen-bond acceptors (Lipinski definition) is 1. The van der Waals surface area contributed by atoms with Gasteiger partial charge in [0, 0.05) is 5.41 Å². The molecule has 20 heavy (non-hydrogen) atoms. The Labute approximate surface area is 122 Å². The van der Waals surface area contributed by atoms with Crippen LogP contribution in [0.3, 0.4) is 0 Å². The van der Waals surface area contributed by atoms with Gasteiger partial charge in [0.05, 0.1) is 0 Å². The van der Waals surface area contributed by atoms with Crippen molar-refractivity contribution in [2.45, 2.75) is 46.5 Å². The lowest BCUT2D eigenvalue weighted by molar-refractivity contribution is -0.125. The van der Waals surface area contributed by atoms with Crippen molar-refractivity contribution in [1.29, 1.82) is 0 Å². The van der Waals surface area contributed by atoms with Gasteiger partial charge in [-0.15, -0.1) is 0 Å². The van der Waals surface area contributed by atoms with E-state index >= 15 is 0 Å². The van der Waals surface area contributed by atoms with Gasteiger partial charge in [0.1, 0.15) is 0 Å². The Kier molecular flexibility index (Phi) is 3.12. The van der Waals surface area contributed by atoms with Gasteiger partial charge < -0.3 is 0 Å². The molecule has 0 amide bonds. The molecule has 3 rings (SSSR count). The van der Waals surface area contributed by atoms with Crippen LogP contribution in [0.4, 0.5) is 0 Å². The fourth-order valence-corrected chi connectivity index (χ4v) is 4.20. The van der Waals surface area contributed by atoms with Crippen LogP contribution in [0.1, 0.15) is 45.6 Å². The Hall–Kier alpha value is -1.37. The molecule has 0 radical (unpaired) electrons. The monoisotopic (exact) mass is 268 g/mol. The van der Waals surface area contributed by atoms with Gasteiger partial charge >= 0.3 is 0 Å². The van der Waals surface area contributed by atoms with Crippen molar-refractivity contribution >= 4 is 5.78 Å². The van der Waals surface area contributed by atoms with Gasteiger partial charge in [-0.1, -0.05) is 57.2 Å². The number of benzene rings is 1. The number of aryl methyl sites for hydroxylation is 1. The van der Waals surface area contributed by atoms with Crippen LogP contribution < -0.4 is 0 Å². The highest BCUT2D eigenvalue weighted by molar-refractivity contribution is 6.04. The van der Waals surface area contributed by atoms with Gasteiger partial charge in [-0.3, -0.25) is 4.79 Å². The van der Waals surface area contributed by atoms with Crippen molar-refractivity contribution in [2.75, 3.05) is 0 Å². The first-order chi connectivity index (χ1) is 9.47. The first-order valence-corrected chi connectivity index (χ1v) is 7.75. The summed E-state index contributed by atoms with van der Waals surface area (Å²) in [6, 6.07) is 10.5. The molecule has 106 valence electrons. The summed E-state index contributed by atoms with van der Waals surface area (Å²) in [5.74, 6) is 0.905. The van der Waals surface area contributed by atoms with Crippen LogP contribution in [0.2, 0.25) is 0 Å². The van der Waals surface area contributed by atoms with Crippen LogP contribution in [0.25, 0.3) is 0 Å². The van der Waals surface area contributed by atoms with Crippen molar-refractivity contribution in [3.8, 4) is 0 Å². The Morgan fingerprint density at radius 1 is 1.20 bits per heavy atom. The van der Waals surface area contributed by atoms with Gasteiger partial charge in [-0.25, -0.2) is 0 Å². The zero-order valence-corrected chi connectivity index (χ0v) is 12.8. The molecule has 0 unspecified atom stereocenters. The predicted octanol–water partition coefficient (Wildman–Crippen LogP) is 4.57. The number of carbonyl (C=O) groups excluding carboxylic acids is 1. The summed E-state index contributed by atoms with van der Waals surface area (Å²) in [5.41, 5.74) is 2.50. The highest BCUT2D eigenvalue weighted by Crippen LogP contribution is 2.65. The largest absolute Gasteiger partial charge is 0.294 e. The second-order valence-corrected chi connectivity index (χ2v) is 7.16. The lowest BCUT2D eigenvalue weighted by atomic mass is 9.70. The van der Waals surface area contributed by atoms with E-state index in [1.807, 2.05) is 6.07 Å². The average Bonchev–Trinajstić information content (AvgIpc) is 2.74. The smallest absolute Gasteiger partial charge is 0.165 e. The number of rotatable bonds is 3. The molecule has 1 aromatic carbocycles. The van der Waals surface area contributed by atoms with E-state index < -0.39 is 0 Å². The second kappa shape index (κ2) is 4.58. The zero-order chi connectivity index (χ0) is 14.4. The van der Waals surface area contributed by atoms with E-state index in [2.05, 4.69) is 51.1 Å². The van der Waals surface area contributed by atoms with E-state index in [1.54, 1.807) is 0 Å². The van der Waals surface area contributed by atoms with Crippen LogP contribution in [0.5, 0.6) is 0 Å². The third kappa shape index (κ3) is 1.79. The molecular weight excluding hydrogens is 244 g/mol. The highest BCUT2D eigenvalue weighted by Gasteiger charge is 2.63. The minimum Gasteiger partial charge on any atom is -0.294 e. The van der Waals surface area contributed by atoms with E-state index in [-0.39, 0.29) is 10.8 Å². The third-order valence-corrected chi connectivity index (χ3v) is 6.01. The molecule has 1 aromatic rings. The molecule has 0 aromatic heterocycles. The SMILES string of the molecule is CC1(C)[C@H]2CC[C@]1(C)C(=O)C2=CCCc1ccccc1. The summed E-state index contributed by atoms with van der Waals surface area (Å²) in [6.45, 7) is 6.73. The summed E-state index contributed by atoms with van der Waals surface area (Å²) >= 11 is 0. The number of carbonyl (C=O) groups is 1. The number of allylic oxidation sites excluding steroid dienone is 2. The zero-order valence-electron chi connectivity index (χ0n) is 12.8. The molecule has 0 aliphatic heterocycles. The summed E-state index contributed by atoms with van der Waals surface area (Å²) in [7, 11) is 0. The van der Waals surface area contributed by atoms with E-state index in [4.69, 9.17) is 0 Å². The maximum Gasteiger partial charge on any atom is 0.165 e. The third-order valence-electron chi connectivity index (χ3n) is 6.01. The molecular formula is C19H24O. The molecule has 2 aliphatic carbocycles. The Balaban J connectivity index is 1.76. The van der Waals surface area contributed by atoms with Gasteiger partial charge in [-0.05, 0) is 48.2 Å². The summed E-state index contributed by atoms with van der Waals surface area (Å²) < 4.78 is 0. The number of Topliss-reactive ketones (excluding diaryl/α,β-unsaturated/α-hetero) is 1. The Bertz CT molecular complexity index is 552. The normalized spacial score (nSPS) is 33.0. The predicted molar refractivity (Wildman–Crippen MR) is 82.5 cm³/mol. The minimum atomic E-state index is -0.115. The highest BCUT2D eigenvalue weighted by atomic mass is 16.1. The summed E-state index contributed by atoms with van der Waals surface area (Å²) in [4.78, 5) is 12.7. The van der Waals surface area contributed by atoms with E-state index in [1.165, 1.54) is 12.0 Å². The van der Waals surface area contributed by atoms with E-state index in [0.29, 0.717) is 11.7 Å². The first kappa shape index (κ1) is 13.6. The van der Waals surface area contributed by atoms with Crippen molar-refractivity contribution in [1.82, 2.24) is 0 Å². The fourth-order valence-electron chi connectivity index (χ4n) is 4.20. The van der Waals surface area contributed by atoms with E-state index in [0.717, 1.165) is 24.8 Å². The summed E-state index contributed by atoms with van der Waals surface area (Å²) in [6.07, 6.45) is 6.49. The Morgan fingerprint density at radius 2 is 1.90 bits per heavy atom. The summed E-state index contributed by atoms with van der Waals surface area (Å²) in [5, 5.41) is 0. The van der Waals surface area contributed by atoms with Crippen LogP contribution in [0.15, 0.2) is 42.0 Å². The molecule has 2 bridgehead atoms.